The molecule has 1 saturated carbocycles. The second kappa shape index (κ2) is 9.16. The summed E-state index contributed by atoms with van der Waals surface area (Å²) in [5, 5.41) is 17.5. The molecule has 150 valence electrons. The Morgan fingerprint density at radius 3 is 2.59 bits per heavy atom. The minimum absolute atomic E-state index is 0.00507. The highest BCUT2D eigenvalue weighted by Gasteiger charge is 2.26. The van der Waals surface area contributed by atoms with Gasteiger partial charge in [-0.25, -0.2) is 5.43 Å². The second-order valence-electron chi connectivity index (χ2n) is 6.34. The molecule has 1 fully saturated rings. The average Bonchev–Trinajstić information content (AvgIpc) is 3.51. The predicted octanol–water partition coefficient (Wildman–Crippen LogP) is 2.56. The summed E-state index contributed by atoms with van der Waals surface area (Å²) in [6.07, 6.45) is 3.07. The van der Waals surface area contributed by atoms with Crippen LogP contribution in [-0.4, -0.2) is 29.0 Å². The molecule has 0 spiro atoms. The van der Waals surface area contributed by atoms with Gasteiger partial charge in [-0.2, -0.15) is 5.10 Å². The van der Waals surface area contributed by atoms with Crippen molar-refractivity contribution in [2.45, 2.75) is 25.5 Å². The second-order valence-corrected chi connectivity index (χ2v) is 6.78. The van der Waals surface area contributed by atoms with Crippen molar-refractivity contribution in [1.82, 2.24) is 10.7 Å². The summed E-state index contributed by atoms with van der Waals surface area (Å²) in [6, 6.07) is 10.9. The summed E-state index contributed by atoms with van der Waals surface area (Å²) in [7, 11) is 0. The summed E-state index contributed by atoms with van der Waals surface area (Å²) in [6.45, 7) is 0.163. The standard InChI is InChI=1S/C19H17ClN4O5/c20-14-3-8-17(29-11-12-1-6-16(7-2-12)24(27)28)13(9-14)10-21-23-19(26)18(25)22-15-4-5-15/h1-3,6-10,15H,4-5,11H2,(H,22,25)(H,23,26)/b21-10-. The largest absolute Gasteiger partial charge is 0.488 e. The highest BCUT2D eigenvalue weighted by Crippen LogP contribution is 2.23. The molecular formula is C19H17ClN4O5. The molecule has 0 saturated heterocycles. The fourth-order valence-electron chi connectivity index (χ4n) is 2.32. The Bertz CT molecular complexity index is 958. The minimum atomic E-state index is -0.858. The van der Waals surface area contributed by atoms with Crippen molar-refractivity contribution >= 4 is 35.3 Å². The average molecular weight is 417 g/mol. The molecule has 2 amide bonds. The molecule has 2 aromatic carbocycles. The van der Waals surface area contributed by atoms with Crippen LogP contribution in [0.5, 0.6) is 5.75 Å². The summed E-state index contributed by atoms with van der Waals surface area (Å²) < 4.78 is 5.73. The lowest BCUT2D eigenvalue weighted by Gasteiger charge is -2.09. The number of carbonyl (C=O) groups excluding carboxylic acids is 2. The Labute approximate surface area is 170 Å². The van der Waals surface area contributed by atoms with Crippen LogP contribution in [0.1, 0.15) is 24.0 Å². The molecule has 0 heterocycles. The molecule has 3 rings (SSSR count). The van der Waals surface area contributed by atoms with Crippen LogP contribution in [0, 0.1) is 10.1 Å². The minimum Gasteiger partial charge on any atom is -0.488 e. The Balaban J connectivity index is 1.61. The number of nitro groups is 1. The number of nitro benzene ring substituents is 1. The summed E-state index contributed by atoms with van der Waals surface area (Å²) in [5.74, 6) is -1.15. The number of hydrogen-bond acceptors (Lipinski definition) is 6. The van der Waals surface area contributed by atoms with Crippen molar-refractivity contribution in [2.75, 3.05) is 0 Å². The Hall–Kier alpha value is -3.46. The lowest BCUT2D eigenvalue weighted by molar-refractivity contribution is -0.384. The van der Waals surface area contributed by atoms with Crippen LogP contribution >= 0.6 is 11.6 Å². The van der Waals surface area contributed by atoms with E-state index in [2.05, 4.69) is 15.8 Å². The van der Waals surface area contributed by atoms with Crippen molar-refractivity contribution < 1.29 is 19.2 Å². The van der Waals surface area contributed by atoms with Crippen molar-refractivity contribution in [2.24, 2.45) is 5.10 Å². The highest BCUT2D eigenvalue weighted by atomic mass is 35.5. The van der Waals surface area contributed by atoms with Gasteiger partial charge >= 0.3 is 11.8 Å². The molecule has 0 unspecified atom stereocenters. The number of benzene rings is 2. The van der Waals surface area contributed by atoms with Gasteiger partial charge in [0.25, 0.3) is 5.69 Å². The summed E-state index contributed by atoms with van der Waals surface area (Å²) >= 11 is 6.00. The van der Waals surface area contributed by atoms with E-state index in [0.717, 1.165) is 18.4 Å². The number of non-ortho nitro benzene ring substituents is 1. The van der Waals surface area contributed by atoms with Gasteiger partial charge in [0.1, 0.15) is 12.4 Å². The molecule has 0 aromatic heterocycles. The number of rotatable bonds is 7. The number of carbonyl (C=O) groups is 2. The van der Waals surface area contributed by atoms with E-state index in [1.165, 1.54) is 18.3 Å². The maximum Gasteiger partial charge on any atom is 0.329 e. The molecule has 2 aromatic rings. The smallest absolute Gasteiger partial charge is 0.329 e. The van der Waals surface area contributed by atoms with E-state index in [1.54, 1.807) is 30.3 Å². The van der Waals surface area contributed by atoms with Crippen LogP contribution in [0.15, 0.2) is 47.6 Å². The lowest BCUT2D eigenvalue weighted by atomic mass is 10.2. The number of hydrazone groups is 1. The van der Waals surface area contributed by atoms with Gasteiger partial charge in [-0.1, -0.05) is 11.6 Å². The SMILES string of the molecule is O=C(N/N=C\c1cc(Cl)ccc1OCc1ccc([N+](=O)[O-])cc1)C(=O)NC1CC1. The Morgan fingerprint density at radius 1 is 1.21 bits per heavy atom. The van der Waals surface area contributed by atoms with Gasteiger partial charge in [0, 0.05) is 28.8 Å². The van der Waals surface area contributed by atoms with Gasteiger partial charge < -0.3 is 10.1 Å². The molecule has 9 nitrogen and oxygen atoms in total. The first kappa shape index (κ1) is 20.3. The first-order valence-electron chi connectivity index (χ1n) is 8.72. The molecule has 0 aliphatic heterocycles. The van der Waals surface area contributed by atoms with Gasteiger partial charge in [-0.05, 0) is 48.7 Å². The third-order valence-electron chi connectivity index (χ3n) is 4.00. The van der Waals surface area contributed by atoms with Crippen LogP contribution in [0.2, 0.25) is 5.02 Å². The molecule has 29 heavy (non-hydrogen) atoms. The van der Waals surface area contributed by atoms with Gasteiger partial charge in [-0.3, -0.25) is 19.7 Å². The number of hydrogen-bond donors (Lipinski definition) is 2. The fraction of sp³-hybridized carbons (Fsp3) is 0.211. The fourth-order valence-corrected chi connectivity index (χ4v) is 2.50. The first-order chi connectivity index (χ1) is 13.9. The van der Waals surface area contributed by atoms with E-state index >= 15 is 0 Å². The number of amides is 2. The highest BCUT2D eigenvalue weighted by molar-refractivity contribution is 6.35. The van der Waals surface area contributed by atoms with Crippen LogP contribution in [-0.2, 0) is 16.2 Å². The summed E-state index contributed by atoms with van der Waals surface area (Å²) in [5.41, 5.74) is 3.38. The van der Waals surface area contributed by atoms with Gasteiger partial charge in [-0.15, -0.1) is 0 Å². The number of ether oxygens (including phenoxy) is 1. The monoisotopic (exact) mass is 416 g/mol. The maximum atomic E-state index is 11.7. The van der Waals surface area contributed by atoms with E-state index < -0.39 is 16.7 Å². The van der Waals surface area contributed by atoms with Gasteiger partial charge in [0.15, 0.2) is 0 Å². The summed E-state index contributed by atoms with van der Waals surface area (Å²) in [4.78, 5) is 33.5. The zero-order chi connectivity index (χ0) is 20.8. The van der Waals surface area contributed by atoms with E-state index in [0.29, 0.717) is 16.3 Å². The van der Waals surface area contributed by atoms with Crippen molar-refractivity contribution in [1.29, 1.82) is 0 Å². The zero-order valence-corrected chi connectivity index (χ0v) is 15.9. The zero-order valence-electron chi connectivity index (χ0n) is 15.1. The van der Waals surface area contributed by atoms with E-state index in [-0.39, 0.29) is 18.3 Å². The normalized spacial score (nSPS) is 13.1. The Kier molecular flexibility index (Phi) is 6.40. The molecule has 1 aliphatic rings. The van der Waals surface area contributed by atoms with E-state index in [9.17, 15) is 19.7 Å². The van der Waals surface area contributed by atoms with Gasteiger partial charge in [0.2, 0.25) is 0 Å². The van der Waals surface area contributed by atoms with Crippen LogP contribution < -0.4 is 15.5 Å². The molecule has 10 heteroatoms. The molecule has 0 bridgehead atoms. The van der Waals surface area contributed by atoms with Crippen molar-refractivity contribution in [3.05, 3.63) is 68.7 Å². The molecule has 0 atom stereocenters. The molecular weight excluding hydrogens is 400 g/mol. The lowest BCUT2D eigenvalue weighted by Crippen LogP contribution is -2.38. The van der Waals surface area contributed by atoms with Crippen LogP contribution in [0.25, 0.3) is 0 Å². The van der Waals surface area contributed by atoms with E-state index in [4.69, 9.17) is 16.3 Å². The first-order valence-corrected chi connectivity index (χ1v) is 9.10. The molecule has 1 aliphatic carbocycles. The topological polar surface area (TPSA) is 123 Å². The third kappa shape index (κ3) is 6.01. The van der Waals surface area contributed by atoms with Crippen LogP contribution in [0.4, 0.5) is 5.69 Å². The quantitative estimate of drug-likeness (QED) is 0.311. The van der Waals surface area contributed by atoms with Crippen molar-refractivity contribution in [3.63, 3.8) is 0 Å². The maximum absolute atomic E-state index is 11.7. The third-order valence-corrected chi connectivity index (χ3v) is 4.24. The Morgan fingerprint density at radius 2 is 1.93 bits per heavy atom. The number of nitrogens with one attached hydrogen (secondary N) is 2. The van der Waals surface area contributed by atoms with E-state index in [1.807, 2.05) is 0 Å². The number of nitrogens with zero attached hydrogens (tertiary/aromatic N) is 2. The predicted molar refractivity (Wildman–Crippen MR) is 106 cm³/mol. The molecule has 0 radical (unpaired) electrons. The van der Waals surface area contributed by atoms with Crippen LogP contribution in [0.3, 0.4) is 0 Å². The van der Waals surface area contributed by atoms with Crippen molar-refractivity contribution in [3.8, 4) is 5.75 Å². The van der Waals surface area contributed by atoms with Gasteiger partial charge in [0.05, 0.1) is 11.1 Å². The number of halogens is 1. The molecule has 2 N–H and O–H groups in total.